The van der Waals surface area contributed by atoms with Crippen molar-refractivity contribution in [3.8, 4) is 0 Å². The van der Waals surface area contributed by atoms with Gasteiger partial charge in [-0.25, -0.2) is 4.79 Å². The molecule has 182 valence electrons. The van der Waals surface area contributed by atoms with Crippen LogP contribution >= 0.6 is 0 Å². The first-order valence-corrected chi connectivity index (χ1v) is 11.2. The van der Waals surface area contributed by atoms with E-state index >= 15 is 0 Å². The van der Waals surface area contributed by atoms with Crippen LogP contribution in [0.4, 0.5) is 4.79 Å². The van der Waals surface area contributed by atoms with Crippen LogP contribution in [0.5, 0.6) is 0 Å². The summed E-state index contributed by atoms with van der Waals surface area (Å²) in [5, 5.41) is 2.51. The summed E-state index contributed by atoms with van der Waals surface area (Å²) in [7, 11) is 0. The maximum atomic E-state index is 13.1. The Morgan fingerprint density at radius 1 is 1.06 bits per heavy atom. The Labute approximate surface area is 194 Å². The lowest BCUT2D eigenvalue weighted by atomic mass is 9.96. The molecule has 1 aromatic rings. The van der Waals surface area contributed by atoms with Gasteiger partial charge in [-0.2, -0.15) is 0 Å². The number of carbonyl (C=O) groups is 4. The van der Waals surface area contributed by atoms with E-state index in [1.165, 1.54) is 0 Å². The molecular formula is C24H34N2O7. The van der Waals surface area contributed by atoms with Crippen LogP contribution in [-0.4, -0.2) is 60.2 Å². The van der Waals surface area contributed by atoms with E-state index in [2.05, 4.69) is 5.32 Å². The van der Waals surface area contributed by atoms with Crippen molar-refractivity contribution < 1.29 is 33.4 Å². The third-order valence-electron chi connectivity index (χ3n) is 5.03. The largest absolute Gasteiger partial charge is 0.466 e. The van der Waals surface area contributed by atoms with Crippen LogP contribution in [0.25, 0.3) is 0 Å². The van der Waals surface area contributed by atoms with E-state index in [0.717, 1.165) is 5.56 Å². The standard InChI is InChI=1S/C24H34N2O7/c1-5-31-22(29)18-11-13-26(14-12-18)21(28)19(25-23(30)33-24(2,3)4)15-20(27)32-16-17-9-7-6-8-10-17/h6-10,18-19H,5,11-16H2,1-4H3,(H,25,30)/t19-/m0/s1. The van der Waals surface area contributed by atoms with Crippen LogP contribution in [0.3, 0.4) is 0 Å². The van der Waals surface area contributed by atoms with Gasteiger partial charge >= 0.3 is 18.0 Å². The Morgan fingerprint density at radius 3 is 2.27 bits per heavy atom. The van der Waals surface area contributed by atoms with Crippen LogP contribution in [0.2, 0.25) is 0 Å². The zero-order valence-electron chi connectivity index (χ0n) is 19.8. The fraction of sp³-hybridized carbons (Fsp3) is 0.583. The van der Waals surface area contributed by atoms with Crippen molar-refractivity contribution in [3.05, 3.63) is 35.9 Å². The van der Waals surface area contributed by atoms with E-state index in [-0.39, 0.29) is 24.9 Å². The molecule has 1 aliphatic rings. The molecule has 0 unspecified atom stereocenters. The second kappa shape index (κ2) is 12.2. The van der Waals surface area contributed by atoms with Gasteiger partial charge in [0.2, 0.25) is 5.91 Å². The monoisotopic (exact) mass is 462 g/mol. The maximum absolute atomic E-state index is 13.1. The summed E-state index contributed by atoms with van der Waals surface area (Å²) in [5.74, 6) is -1.56. The molecule has 0 saturated carbocycles. The first-order chi connectivity index (χ1) is 15.6. The maximum Gasteiger partial charge on any atom is 0.408 e. The zero-order chi connectivity index (χ0) is 24.4. The summed E-state index contributed by atoms with van der Waals surface area (Å²) < 4.78 is 15.6. The van der Waals surface area contributed by atoms with Crippen molar-refractivity contribution in [3.63, 3.8) is 0 Å². The summed E-state index contributed by atoms with van der Waals surface area (Å²) >= 11 is 0. The van der Waals surface area contributed by atoms with E-state index in [0.29, 0.717) is 32.5 Å². The Bertz CT molecular complexity index is 812. The number of hydrogen-bond acceptors (Lipinski definition) is 7. The fourth-order valence-corrected chi connectivity index (χ4v) is 3.43. The Kier molecular flexibility index (Phi) is 9.69. The zero-order valence-corrected chi connectivity index (χ0v) is 19.8. The molecule has 1 N–H and O–H groups in total. The summed E-state index contributed by atoms with van der Waals surface area (Å²) in [4.78, 5) is 51.4. The number of ether oxygens (including phenoxy) is 3. The third kappa shape index (κ3) is 9.11. The molecule has 0 radical (unpaired) electrons. The molecule has 0 bridgehead atoms. The van der Waals surface area contributed by atoms with Crippen LogP contribution in [-0.2, 0) is 35.2 Å². The molecule has 1 saturated heterocycles. The number of rotatable bonds is 8. The van der Waals surface area contributed by atoms with E-state index in [4.69, 9.17) is 14.2 Å². The third-order valence-corrected chi connectivity index (χ3v) is 5.03. The molecule has 0 aliphatic carbocycles. The predicted octanol–water partition coefficient (Wildman–Crippen LogP) is 2.81. The minimum atomic E-state index is -1.14. The minimum Gasteiger partial charge on any atom is -0.466 e. The molecule has 1 atom stereocenters. The Hall–Kier alpha value is -3.10. The van der Waals surface area contributed by atoms with Crippen molar-refractivity contribution in [2.24, 2.45) is 5.92 Å². The molecular weight excluding hydrogens is 428 g/mol. The smallest absolute Gasteiger partial charge is 0.408 e. The van der Waals surface area contributed by atoms with E-state index in [9.17, 15) is 19.2 Å². The number of nitrogens with one attached hydrogen (secondary N) is 1. The molecule has 33 heavy (non-hydrogen) atoms. The number of nitrogens with zero attached hydrogens (tertiary/aromatic N) is 1. The van der Waals surface area contributed by atoms with Gasteiger partial charge in [0.15, 0.2) is 0 Å². The molecule has 2 amide bonds. The first kappa shape index (κ1) is 26.2. The number of piperidine rings is 1. The number of esters is 2. The molecule has 2 rings (SSSR count). The van der Waals surface area contributed by atoms with Gasteiger partial charge in [0.05, 0.1) is 18.9 Å². The van der Waals surface area contributed by atoms with Crippen molar-refractivity contribution in [2.75, 3.05) is 19.7 Å². The summed E-state index contributed by atoms with van der Waals surface area (Å²) in [6.07, 6.45) is -0.203. The lowest BCUT2D eigenvalue weighted by Gasteiger charge is -2.33. The van der Waals surface area contributed by atoms with Gasteiger partial charge in [-0.15, -0.1) is 0 Å². The highest BCUT2D eigenvalue weighted by atomic mass is 16.6. The number of likely N-dealkylation sites (tertiary alicyclic amines) is 1. The summed E-state index contributed by atoms with van der Waals surface area (Å²) in [6, 6.07) is 8.03. The van der Waals surface area contributed by atoms with E-state index < -0.39 is 29.6 Å². The average Bonchev–Trinajstić information content (AvgIpc) is 2.76. The molecule has 1 heterocycles. The second-order valence-electron chi connectivity index (χ2n) is 8.90. The highest BCUT2D eigenvalue weighted by Gasteiger charge is 2.34. The molecule has 0 spiro atoms. The van der Waals surface area contributed by atoms with E-state index in [1.54, 1.807) is 32.6 Å². The van der Waals surface area contributed by atoms with Gasteiger partial charge < -0.3 is 24.4 Å². The average molecular weight is 463 g/mol. The van der Waals surface area contributed by atoms with Gasteiger partial charge in [0.25, 0.3) is 0 Å². The van der Waals surface area contributed by atoms with Crippen molar-refractivity contribution in [1.82, 2.24) is 10.2 Å². The van der Waals surface area contributed by atoms with Gasteiger partial charge in [0, 0.05) is 13.1 Å². The Morgan fingerprint density at radius 2 is 1.70 bits per heavy atom. The lowest BCUT2D eigenvalue weighted by molar-refractivity contribution is -0.152. The van der Waals surface area contributed by atoms with E-state index in [1.807, 2.05) is 30.3 Å². The Balaban J connectivity index is 2.00. The summed E-state index contributed by atoms with van der Waals surface area (Å²) in [5.41, 5.74) is 0.0543. The normalized spacial score (nSPS) is 15.3. The fourth-order valence-electron chi connectivity index (χ4n) is 3.43. The van der Waals surface area contributed by atoms with Crippen LogP contribution < -0.4 is 5.32 Å². The summed E-state index contributed by atoms with van der Waals surface area (Å²) in [6.45, 7) is 7.90. The van der Waals surface area contributed by atoms with Gasteiger partial charge in [-0.05, 0) is 46.1 Å². The SMILES string of the molecule is CCOC(=O)C1CCN(C(=O)[C@H](CC(=O)OCc2ccccc2)NC(=O)OC(C)(C)C)CC1. The minimum absolute atomic E-state index is 0.0674. The van der Waals surface area contributed by atoms with Crippen molar-refractivity contribution >= 4 is 23.9 Å². The van der Waals surface area contributed by atoms with Crippen LogP contribution in [0, 0.1) is 5.92 Å². The number of benzene rings is 1. The van der Waals surface area contributed by atoms with Crippen LogP contribution in [0.1, 0.15) is 52.5 Å². The molecule has 1 fully saturated rings. The first-order valence-electron chi connectivity index (χ1n) is 11.2. The number of alkyl carbamates (subject to hydrolysis) is 1. The molecule has 0 aromatic heterocycles. The lowest BCUT2D eigenvalue weighted by Crippen LogP contribution is -2.52. The molecule has 9 heteroatoms. The van der Waals surface area contributed by atoms with Crippen molar-refractivity contribution in [1.29, 1.82) is 0 Å². The number of carbonyl (C=O) groups excluding carboxylic acids is 4. The predicted molar refractivity (Wildman–Crippen MR) is 120 cm³/mol. The molecule has 1 aliphatic heterocycles. The molecule has 1 aromatic carbocycles. The van der Waals surface area contributed by atoms with Gasteiger partial charge in [-0.3, -0.25) is 14.4 Å². The highest BCUT2D eigenvalue weighted by molar-refractivity contribution is 5.90. The molecule has 9 nitrogen and oxygen atoms in total. The topological polar surface area (TPSA) is 111 Å². The van der Waals surface area contributed by atoms with Gasteiger partial charge in [0.1, 0.15) is 18.2 Å². The van der Waals surface area contributed by atoms with Gasteiger partial charge in [-0.1, -0.05) is 30.3 Å². The second-order valence-corrected chi connectivity index (χ2v) is 8.90. The quantitative estimate of drug-likeness (QED) is 0.467. The number of amides is 2. The highest BCUT2D eigenvalue weighted by Crippen LogP contribution is 2.20. The van der Waals surface area contributed by atoms with Crippen molar-refractivity contribution in [2.45, 2.75) is 65.2 Å². The number of hydrogen-bond donors (Lipinski definition) is 1. The van der Waals surface area contributed by atoms with Crippen LogP contribution in [0.15, 0.2) is 30.3 Å².